The summed E-state index contributed by atoms with van der Waals surface area (Å²) in [7, 11) is 0. The molecule has 2 N–H and O–H groups in total. The maximum absolute atomic E-state index is 12.7. The molecule has 0 bridgehead atoms. The quantitative estimate of drug-likeness (QED) is 0.751. The molecule has 5 nitrogen and oxygen atoms in total. The van der Waals surface area contributed by atoms with E-state index in [2.05, 4.69) is 10.6 Å². The first kappa shape index (κ1) is 20.5. The van der Waals surface area contributed by atoms with Crippen molar-refractivity contribution in [3.8, 4) is 0 Å². The van der Waals surface area contributed by atoms with Crippen LogP contribution in [0, 0.1) is 19.8 Å². The topological polar surface area (TPSA) is 67.4 Å². The third-order valence-corrected chi connectivity index (χ3v) is 4.18. The number of amides is 2. The Bertz CT molecular complexity index is 772. The van der Waals surface area contributed by atoms with Gasteiger partial charge >= 0.3 is 6.09 Å². The smallest absolute Gasteiger partial charge is 0.408 e. The third-order valence-electron chi connectivity index (χ3n) is 4.18. The maximum Gasteiger partial charge on any atom is 0.408 e. The van der Waals surface area contributed by atoms with Gasteiger partial charge in [0.1, 0.15) is 12.6 Å². The summed E-state index contributed by atoms with van der Waals surface area (Å²) in [6, 6.07) is 14.7. The normalized spacial score (nSPS) is 11.7. The van der Waals surface area contributed by atoms with Gasteiger partial charge in [-0.25, -0.2) is 4.79 Å². The summed E-state index contributed by atoms with van der Waals surface area (Å²) in [5.74, 6) is 0.00263. The Morgan fingerprint density at radius 1 is 1.04 bits per heavy atom. The van der Waals surface area contributed by atoms with Gasteiger partial charge in [0.05, 0.1) is 0 Å². The van der Waals surface area contributed by atoms with Crippen molar-refractivity contribution >= 4 is 17.7 Å². The Hall–Kier alpha value is -2.82. The summed E-state index contributed by atoms with van der Waals surface area (Å²) in [6.07, 6.45) is -0.0717. The molecule has 0 saturated heterocycles. The minimum Gasteiger partial charge on any atom is -0.445 e. The van der Waals surface area contributed by atoms with Crippen LogP contribution < -0.4 is 10.6 Å². The number of nitrogens with one attached hydrogen (secondary N) is 2. The van der Waals surface area contributed by atoms with Gasteiger partial charge in [-0.1, -0.05) is 56.3 Å². The van der Waals surface area contributed by atoms with E-state index < -0.39 is 12.1 Å². The molecular weight excluding hydrogens is 340 g/mol. The van der Waals surface area contributed by atoms with Crippen LogP contribution in [-0.2, 0) is 16.1 Å². The molecule has 0 aromatic heterocycles. The molecule has 0 radical (unpaired) electrons. The second-order valence-electron chi connectivity index (χ2n) is 7.20. The molecule has 1 atom stereocenters. The number of anilines is 1. The SMILES string of the molecule is Cc1ccc(C)c(NC(=O)[C@@H](CC(C)C)NC(=O)OCc2ccccc2)c1. The fourth-order valence-electron chi connectivity index (χ4n) is 2.70. The molecule has 0 aliphatic rings. The molecule has 2 aromatic rings. The van der Waals surface area contributed by atoms with E-state index in [1.54, 1.807) is 0 Å². The van der Waals surface area contributed by atoms with Crippen LogP contribution in [0.15, 0.2) is 48.5 Å². The summed E-state index contributed by atoms with van der Waals surface area (Å²) in [4.78, 5) is 24.9. The number of carbonyl (C=O) groups is 2. The highest BCUT2D eigenvalue weighted by atomic mass is 16.5. The number of benzene rings is 2. The van der Waals surface area contributed by atoms with E-state index in [0.29, 0.717) is 6.42 Å². The molecule has 0 fully saturated rings. The molecule has 2 aromatic carbocycles. The monoisotopic (exact) mass is 368 g/mol. The second kappa shape index (κ2) is 9.76. The van der Waals surface area contributed by atoms with Crippen molar-refractivity contribution in [2.75, 3.05) is 5.32 Å². The lowest BCUT2D eigenvalue weighted by atomic mass is 10.0. The number of carbonyl (C=O) groups excluding carboxylic acids is 2. The van der Waals surface area contributed by atoms with Crippen molar-refractivity contribution in [2.24, 2.45) is 5.92 Å². The zero-order valence-corrected chi connectivity index (χ0v) is 16.4. The van der Waals surface area contributed by atoms with Gasteiger partial charge in [0.15, 0.2) is 0 Å². The Balaban J connectivity index is 1.99. The summed E-state index contributed by atoms with van der Waals surface area (Å²) in [5.41, 5.74) is 3.69. The van der Waals surface area contributed by atoms with Gasteiger partial charge < -0.3 is 15.4 Å². The van der Waals surface area contributed by atoms with E-state index in [-0.39, 0.29) is 18.4 Å². The number of hydrogen-bond donors (Lipinski definition) is 2. The van der Waals surface area contributed by atoms with Crippen molar-refractivity contribution < 1.29 is 14.3 Å². The Morgan fingerprint density at radius 3 is 2.41 bits per heavy atom. The van der Waals surface area contributed by atoms with Crippen LogP contribution in [0.4, 0.5) is 10.5 Å². The van der Waals surface area contributed by atoms with E-state index in [1.165, 1.54) is 0 Å². The van der Waals surface area contributed by atoms with E-state index in [1.807, 2.05) is 76.2 Å². The number of hydrogen-bond acceptors (Lipinski definition) is 3. The van der Waals surface area contributed by atoms with Gasteiger partial charge in [-0.2, -0.15) is 0 Å². The summed E-state index contributed by atoms with van der Waals surface area (Å²) >= 11 is 0. The Kier molecular flexibility index (Phi) is 7.41. The van der Waals surface area contributed by atoms with E-state index in [9.17, 15) is 9.59 Å². The van der Waals surface area contributed by atoms with Gasteiger partial charge in [0.2, 0.25) is 5.91 Å². The van der Waals surface area contributed by atoms with Gasteiger partial charge in [-0.05, 0) is 48.9 Å². The lowest BCUT2D eigenvalue weighted by Crippen LogP contribution is -2.44. The molecule has 2 amide bonds. The molecule has 0 aliphatic heterocycles. The Labute approximate surface area is 161 Å². The molecular formula is C22H28N2O3. The largest absolute Gasteiger partial charge is 0.445 e. The average molecular weight is 368 g/mol. The highest BCUT2D eigenvalue weighted by Gasteiger charge is 2.23. The van der Waals surface area contributed by atoms with E-state index in [4.69, 9.17) is 4.74 Å². The number of aryl methyl sites for hydroxylation is 2. The van der Waals surface area contributed by atoms with Gasteiger partial charge in [0.25, 0.3) is 0 Å². The maximum atomic E-state index is 12.7. The first-order valence-corrected chi connectivity index (χ1v) is 9.20. The van der Waals surface area contributed by atoms with Gasteiger partial charge in [-0.3, -0.25) is 4.79 Å². The third kappa shape index (κ3) is 6.77. The molecule has 0 unspecified atom stereocenters. The lowest BCUT2D eigenvalue weighted by molar-refractivity contribution is -0.118. The highest BCUT2D eigenvalue weighted by molar-refractivity contribution is 5.97. The zero-order chi connectivity index (χ0) is 19.8. The number of alkyl carbamates (subject to hydrolysis) is 1. The van der Waals surface area contributed by atoms with Crippen LogP contribution in [0.25, 0.3) is 0 Å². The molecule has 5 heteroatoms. The summed E-state index contributed by atoms with van der Waals surface area (Å²) in [5, 5.41) is 5.63. The minimum atomic E-state index is -0.659. The van der Waals surface area contributed by atoms with Crippen LogP contribution in [0.5, 0.6) is 0 Å². The summed E-state index contributed by atoms with van der Waals surface area (Å²) < 4.78 is 5.25. The average Bonchev–Trinajstić information content (AvgIpc) is 2.63. The number of rotatable bonds is 7. The first-order chi connectivity index (χ1) is 12.8. The standard InChI is InChI=1S/C22H28N2O3/c1-15(2)12-20(21(25)23-19-13-16(3)10-11-17(19)4)24-22(26)27-14-18-8-6-5-7-9-18/h5-11,13,15,20H,12,14H2,1-4H3,(H,23,25)(H,24,26)/t20-/m1/s1. The van der Waals surface area contributed by atoms with Crippen LogP contribution in [0.1, 0.15) is 37.0 Å². The Morgan fingerprint density at radius 2 is 1.74 bits per heavy atom. The van der Waals surface area contributed by atoms with Crippen molar-refractivity contribution in [2.45, 2.75) is 46.8 Å². The molecule has 144 valence electrons. The van der Waals surface area contributed by atoms with Crippen molar-refractivity contribution in [1.82, 2.24) is 5.32 Å². The van der Waals surface area contributed by atoms with Crippen molar-refractivity contribution in [3.05, 3.63) is 65.2 Å². The fraction of sp³-hybridized carbons (Fsp3) is 0.364. The van der Waals surface area contributed by atoms with Crippen LogP contribution in [0.2, 0.25) is 0 Å². The molecule has 27 heavy (non-hydrogen) atoms. The minimum absolute atomic E-state index is 0.166. The van der Waals surface area contributed by atoms with Crippen molar-refractivity contribution in [3.63, 3.8) is 0 Å². The molecule has 0 spiro atoms. The summed E-state index contributed by atoms with van der Waals surface area (Å²) in [6.45, 7) is 8.10. The van der Waals surface area contributed by atoms with Crippen LogP contribution in [0.3, 0.4) is 0 Å². The van der Waals surface area contributed by atoms with Gasteiger partial charge in [-0.15, -0.1) is 0 Å². The van der Waals surface area contributed by atoms with E-state index >= 15 is 0 Å². The fourth-order valence-corrected chi connectivity index (χ4v) is 2.70. The number of ether oxygens (including phenoxy) is 1. The van der Waals surface area contributed by atoms with Gasteiger partial charge in [0, 0.05) is 5.69 Å². The molecule has 0 saturated carbocycles. The lowest BCUT2D eigenvalue weighted by Gasteiger charge is -2.20. The zero-order valence-electron chi connectivity index (χ0n) is 16.4. The molecule has 0 aliphatic carbocycles. The van der Waals surface area contributed by atoms with Crippen molar-refractivity contribution in [1.29, 1.82) is 0 Å². The molecule has 2 rings (SSSR count). The van der Waals surface area contributed by atoms with Crippen LogP contribution >= 0.6 is 0 Å². The predicted molar refractivity (Wildman–Crippen MR) is 108 cm³/mol. The van der Waals surface area contributed by atoms with E-state index in [0.717, 1.165) is 22.4 Å². The first-order valence-electron chi connectivity index (χ1n) is 9.20. The predicted octanol–water partition coefficient (Wildman–Crippen LogP) is 4.58. The second-order valence-corrected chi connectivity index (χ2v) is 7.20. The van der Waals surface area contributed by atoms with Crippen LogP contribution in [-0.4, -0.2) is 18.0 Å². The highest BCUT2D eigenvalue weighted by Crippen LogP contribution is 2.17. The molecule has 0 heterocycles.